The van der Waals surface area contributed by atoms with Crippen LogP contribution in [0.25, 0.3) is 0 Å². The van der Waals surface area contributed by atoms with Gasteiger partial charge in [0.2, 0.25) is 11.0 Å². The fourth-order valence-electron chi connectivity index (χ4n) is 3.58. The van der Waals surface area contributed by atoms with Gasteiger partial charge < -0.3 is 5.32 Å². The highest BCUT2D eigenvalue weighted by Gasteiger charge is 2.51. The van der Waals surface area contributed by atoms with Crippen LogP contribution in [0.1, 0.15) is 29.5 Å². The molecule has 4 amide bonds. The van der Waals surface area contributed by atoms with Gasteiger partial charge in [-0.3, -0.25) is 19.8 Å². The van der Waals surface area contributed by atoms with Gasteiger partial charge in [-0.2, -0.15) is 0 Å². The molecule has 0 bridgehead atoms. The molecule has 3 aromatic rings. The number of nitrogens with zero attached hydrogens (tertiary/aromatic N) is 3. The van der Waals surface area contributed by atoms with Crippen LogP contribution in [0.5, 0.6) is 0 Å². The lowest BCUT2D eigenvalue weighted by molar-refractivity contribution is -0.134. The first kappa shape index (κ1) is 20.7. The summed E-state index contributed by atoms with van der Waals surface area (Å²) in [5.74, 6) is -0.950. The van der Waals surface area contributed by atoms with Gasteiger partial charge in [-0.1, -0.05) is 78.9 Å². The quantitative estimate of drug-likeness (QED) is 0.555. The molecule has 1 fully saturated rings. The Bertz CT molecular complexity index is 1100. The van der Waals surface area contributed by atoms with Gasteiger partial charge in [0, 0.05) is 6.42 Å². The number of aromatic nitrogens is 2. The van der Waals surface area contributed by atoms with Gasteiger partial charge >= 0.3 is 6.03 Å². The van der Waals surface area contributed by atoms with Gasteiger partial charge in [-0.15, -0.1) is 10.2 Å². The van der Waals surface area contributed by atoms with E-state index in [1.807, 2.05) is 55.5 Å². The summed E-state index contributed by atoms with van der Waals surface area (Å²) >= 11 is 1.26. The lowest BCUT2D eigenvalue weighted by Crippen LogP contribution is -2.44. The molecule has 1 saturated heterocycles. The fourth-order valence-corrected chi connectivity index (χ4v) is 4.37. The van der Waals surface area contributed by atoms with E-state index in [1.165, 1.54) is 11.3 Å². The molecule has 0 spiro atoms. The Labute approximate surface area is 183 Å². The van der Waals surface area contributed by atoms with E-state index in [2.05, 4.69) is 20.8 Å². The Kier molecular flexibility index (Phi) is 5.77. The highest BCUT2D eigenvalue weighted by atomic mass is 32.1. The molecule has 1 aliphatic rings. The van der Waals surface area contributed by atoms with E-state index in [-0.39, 0.29) is 0 Å². The summed E-state index contributed by atoms with van der Waals surface area (Å²) in [6, 6.07) is 18.3. The largest absolute Gasteiger partial charge is 0.325 e. The van der Waals surface area contributed by atoms with Crippen molar-refractivity contribution in [1.82, 2.24) is 20.4 Å². The van der Waals surface area contributed by atoms with Crippen LogP contribution in [0.2, 0.25) is 0 Å². The molecule has 8 nitrogen and oxygen atoms in total. The third-order valence-electron chi connectivity index (χ3n) is 5.19. The van der Waals surface area contributed by atoms with Crippen molar-refractivity contribution in [1.29, 1.82) is 0 Å². The molecule has 1 atom stereocenters. The zero-order valence-electron chi connectivity index (χ0n) is 16.9. The van der Waals surface area contributed by atoms with Gasteiger partial charge in [0.1, 0.15) is 17.1 Å². The Morgan fingerprint density at radius 1 is 1.06 bits per heavy atom. The number of hydrogen-bond acceptors (Lipinski definition) is 6. The van der Waals surface area contributed by atoms with Crippen molar-refractivity contribution >= 4 is 34.3 Å². The number of anilines is 1. The summed E-state index contributed by atoms with van der Waals surface area (Å²) in [5, 5.41) is 14.6. The average molecular weight is 436 g/mol. The third kappa shape index (κ3) is 4.17. The number of hydrogen-bond donors (Lipinski definition) is 2. The first-order valence-electron chi connectivity index (χ1n) is 9.87. The molecule has 2 aromatic carbocycles. The molecule has 2 N–H and O–H groups in total. The second kappa shape index (κ2) is 8.65. The van der Waals surface area contributed by atoms with Crippen LogP contribution < -0.4 is 10.6 Å². The van der Waals surface area contributed by atoms with Crippen molar-refractivity contribution in [3.05, 3.63) is 76.8 Å². The number of urea groups is 1. The van der Waals surface area contributed by atoms with E-state index in [0.717, 1.165) is 15.5 Å². The topological polar surface area (TPSA) is 104 Å². The lowest BCUT2D eigenvalue weighted by Gasteiger charge is -2.25. The van der Waals surface area contributed by atoms with Crippen molar-refractivity contribution in [2.24, 2.45) is 0 Å². The van der Waals surface area contributed by atoms with Crippen LogP contribution in [0, 0.1) is 0 Å². The summed E-state index contributed by atoms with van der Waals surface area (Å²) < 4.78 is 0. The average Bonchev–Trinajstić information content (AvgIpc) is 3.32. The Hall–Kier alpha value is -3.59. The molecule has 9 heteroatoms. The highest BCUT2D eigenvalue weighted by molar-refractivity contribution is 7.15. The molecule has 0 radical (unpaired) electrons. The Morgan fingerprint density at radius 2 is 1.74 bits per heavy atom. The van der Waals surface area contributed by atoms with Gasteiger partial charge in [0.15, 0.2) is 0 Å². The van der Waals surface area contributed by atoms with Crippen molar-refractivity contribution in [3.8, 4) is 0 Å². The van der Waals surface area contributed by atoms with Gasteiger partial charge in [-0.25, -0.2) is 4.79 Å². The van der Waals surface area contributed by atoms with Crippen molar-refractivity contribution in [2.75, 3.05) is 11.9 Å². The minimum Gasteiger partial charge on any atom is -0.319 e. The van der Waals surface area contributed by atoms with Crippen LogP contribution in [-0.4, -0.2) is 39.5 Å². The number of nitrogens with one attached hydrogen (secondary N) is 2. The third-order valence-corrected chi connectivity index (χ3v) is 6.02. The van der Waals surface area contributed by atoms with Crippen LogP contribution >= 0.6 is 11.3 Å². The van der Waals surface area contributed by atoms with Crippen LogP contribution in [0.15, 0.2) is 60.7 Å². The van der Waals surface area contributed by atoms with Crippen LogP contribution in [0.4, 0.5) is 9.93 Å². The number of imide groups is 1. The minimum absolute atomic E-state index is 0.327. The summed E-state index contributed by atoms with van der Waals surface area (Å²) in [5.41, 5.74) is 0.616. The molecule has 1 aliphatic heterocycles. The number of benzene rings is 2. The van der Waals surface area contributed by atoms with Gasteiger partial charge in [0.05, 0.1) is 0 Å². The maximum absolute atomic E-state index is 13.1. The number of carbonyl (C=O) groups excluding carboxylic acids is 3. The highest BCUT2D eigenvalue weighted by Crippen LogP contribution is 2.32. The normalized spacial score (nSPS) is 18.2. The summed E-state index contributed by atoms with van der Waals surface area (Å²) in [6.45, 7) is 1.43. The minimum atomic E-state index is -1.16. The standard InChI is InChI=1S/C22H21N5O3S/c1-2-22(16-11-7-4-8-12-16)19(29)27(21(30)24-22)14-17(28)23-20-26-25-18(31-20)13-15-9-5-3-6-10-15/h3-12H,2,13-14H2,1H3,(H,24,30)(H,23,26,28)/t22-/m1/s1. The van der Waals surface area contributed by atoms with E-state index in [9.17, 15) is 14.4 Å². The lowest BCUT2D eigenvalue weighted by atomic mass is 9.87. The van der Waals surface area contributed by atoms with E-state index < -0.39 is 29.9 Å². The Morgan fingerprint density at radius 3 is 2.42 bits per heavy atom. The first-order chi connectivity index (χ1) is 15.0. The fraction of sp³-hybridized carbons (Fsp3) is 0.227. The van der Waals surface area contributed by atoms with E-state index in [1.54, 1.807) is 12.1 Å². The first-order valence-corrected chi connectivity index (χ1v) is 10.7. The molecule has 0 unspecified atom stereocenters. The SMILES string of the molecule is CC[C@]1(c2ccccc2)NC(=O)N(CC(=O)Nc2nnc(Cc3ccccc3)s2)C1=O. The molecule has 0 saturated carbocycles. The van der Waals surface area contributed by atoms with Crippen LogP contribution in [-0.2, 0) is 21.5 Å². The van der Waals surface area contributed by atoms with Crippen molar-refractivity contribution < 1.29 is 14.4 Å². The predicted octanol–water partition coefficient (Wildman–Crippen LogP) is 2.92. The predicted molar refractivity (Wildman–Crippen MR) is 116 cm³/mol. The molecule has 31 heavy (non-hydrogen) atoms. The zero-order chi connectivity index (χ0) is 21.8. The monoisotopic (exact) mass is 435 g/mol. The smallest absolute Gasteiger partial charge is 0.319 e. The number of amides is 4. The van der Waals surface area contributed by atoms with Crippen LogP contribution in [0.3, 0.4) is 0 Å². The van der Waals surface area contributed by atoms with Crippen molar-refractivity contribution in [3.63, 3.8) is 0 Å². The van der Waals surface area contributed by atoms with Gasteiger partial charge in [-0.05, 0) is 17.5 Å². The second-order valence-electron chi connectivity index (χ2n) is 7.16. The molecular formula is C22H21N5O3S. The van der Waals surface area contributed by atoms with Gasteiger partial charge in [0.25, 0.3) is 5.91 Å². The summed E-state index contributed by atoms with van der Waals surface area (Å²) in [7, 11) is 0. The number of carbonyl (C=O) groups is 3. The maximum Gasteiger partial charge on any atom is 0.325 e. The van der Waals surface area contributed by atoms with Crippen molar-refractivity contribution in [2.45, 2.75) is 25.3 Å². The molecule has 2 heterocycles. The molecule has 0 aliphatic carbocycles. The van der Waals surface area contributed by atoms with E-state index >= 15 is 0 Å². The molecule has 158 valence electrons. The van der Waals surface area contributed by atoms with E-state index in [4.69, 9.17) is 0 Å². The Balaban J connectivity index is 1.42. The second-order valence-corrected chi connectivity index (χ2v) is 8.22. The number of rotatable bonds is 7. The molecular weight excluding hydrogens is 414 g/mol. The molecule has 4 rings (SSSR count). The molecule has 1 aromatic heterocycles. The summed E-state index contributed by atoms with van der Waals surface area (Å²) in [4.78, 5) is 39.1. The zero-order valence-corrected chi connectivity index (χ0v) is 17.7. The maximum atomic E-state index is 13.1. The van der Waals surface area contributed by atoms with E-state index in [0.29, 0.717) is 23.5 Å². The summed E-state index contributed by atoms with van der Waals surface area (Å²) in [6.07, 6.45) is 0.983.